The average molecular weight is 344 g/mol. The van der Waals surface area contributed by atoms with Gasteiger partial charge in [-0.15, -0.1) is 11.8 Å². The van der Waals surface area contributed by atoms with Crippen molar-refractivity contribution in [1.29, 1.82) is 0 Å². The molecule has 0 atom stereocenters. The molecule has 0 fully saturated rings. The number of thioether (sulfide) groups is 1. The van der Waals surface area contributed by atoms with Crippen molar-refractivity contribution >= 4 is 17.8 Å². The lowest BCUT2D eigenvalue weighted by Crippen LogP contribution is -2.37. The molecule has 1 N–H and O–H groups in total. The Morgan fingerprint density at radius 3 is 2.54 bits per heavy atom. The van der Waals surface area contributed by atoms with Gasteiger partial charge in [0.15, 0.2) is 0 Å². The number of nitrogens with one attached hydrogen (secondary N) is 1. The second-order valence-electron chi connectivity index (χ2n) is 5.50. The van der Waals surface area contributed by atoms with Crippen LogP contribution >= 0.6 is 11.8 Å². The van der Waals surface area contributed by atoms with E-state index in [-0.39, 0.29) is 6.03 Å². The van der Waals surface area contributed by atoms with E-state index in [0.717, 1.165) is 23.3 Å². The Hall–Kier alpha value is -2.14. The number of ether oxygens (including phenoxy) is 1. The minimum atomic E-state index is -0.0705. The van der Waals surface area contributed by atoms with E-state index in [1.54, 1.807) is 30.8 Å². The maximum Gasteiger partial charge on any atom is 0.317 e. The lowest BCUT2D eigenvalue weighted by Gasteiger charge is -2.18. The third kappa shape index (κ3) is 5.20. The topological polar surface area (TPSA) is 41.6 Å². The number of para-hydroxylation sites is 1. The van der Waals surface area contributed by atoms with Crippen molar-refractivity contribution in [3.05, 3.63) is 59.7 Å². The molecule has 0 saturated carbocycles. The van der Waals surface area contributed by atoms with Crippen molar-refractivity contribution in [2.45, 2.75) is 17.9 Å². The molecule has 2 aromatic carbocycles. The Morgan fingerprint density at radius 2 is 1.88 bits per heavy atom. The second kappa shape index (κ2) is 9.23. The highest BCUT2D eigenvalue weighted by Crippen LogP contribution is 2.17. The van der Waals surface area contributed by atoms with Gasteiger partial charge in [-0.2, -0.15) is 0 Å². The molecule has 0 saturated heterocycles. The molecule has 4 nitrogen and oxygen atoms in total. The number of benzene rings is 2. The van der Waals surface area contributed by atoms with Crippen LogP contribution < -0.4 is 10.1 Å². The number of methoxy groups -OCH3 is 1. The van der Waals surface area contributed by atoms with Gasteiger partial charge in [0.1, 0.15) is 5.75 Å². The number of nitrogens with zero attached hydrogens (tertiary/aromatic N) is 1. The molecule has 0 spiro atoms. The van der Waals surface area contributed by atoms with Crippen LogP contribution in [0.3, 0.4) is 0 Å². The Labute approximate surface area is 148 Å². The molecule has 0 aliphatic carbocycles. The minimum Gasteiger partial charge on any atom is -0.496 e. The van der Waals surface area contributed by atoms with Gasteiger partial charge in [-0.3, -0.25) is 0 Å². The van der Waals surface area contributed by atoms with E-state index in [0.29, 0.717) is 13.1 Å². The highest BCUT2D eigenvalue weighted by Gasteiger charge is 2.09. The van der Waals surface area contributed by atoms with Gasteiger partial charge in [0, 0.05) is 25.0 Å². The third-order valence-corrected chi connectivity index (χ3v) is 4.53. The van der Waals surface area contributed by atoms with Gasteiger partial charge in [-0.05, 0) is 42.0 Å². The summed E-state index contributed by atoms with van der Waals surface area (Å²) < 4.78 is 5.32. The SMILES string of the molecule is COc1ccccc1CCNC(=O)N(C)Cc1ccc(SC)cc1. The van der Waals surface area contributed by atoms with E-state index in [2.05, 4.69) is 35.8 Å². The molecular weight excluding hydrogens is 320 g/mol. The number of carbonyl (C=O) groups is 1. The van der Waals surface area contributed by atoms with E-state index >= 15 is 0 Å². The summed E-state index contributed by atoms with van der Waals surface area (Å²) in [6.07, 6.45) is 2.79. The zero-order valence-electron chi connectivity index (χ0n) is 14.4. The normalized spacial score (nSPS) is 10.3. The minimum absolute atomic E-state index is 0.0705. The summed E-state index contributed by atoms with van der Waals surface area (Å²) >= 11 is 1.71. The molecule has 24 heavy (non-hydrogen) atoms. The van der Waals surface area contributed by atoms with E-state index in [1.165, 1.54) is 4.90 Å². The number of urea groups is 1. The Morgan fingerprint density at radius 1 is 1.17 bits per heavy atom. The first-order chi connectivity index (χ1) is 11.6. The molecular formula is C19H24N2O2S. The molecule has 128 valence electrons. The van der Waals surface area contributed by atoms with Gasteiger partial charge in [-0.25, -0.2) is 4.79 Å². The van der Waals surface area contributed by atoms with Gasteiger partial charge >= 0.3 is 6.03 Å². The summed E-state index contributed by atoms with van der Waals surface area (Å²) in [6.45, 7) is 1.17. The van der Waals surface area contributed by atoms with Gasteiger partial charge in [-0.1, -0.05) is 30.3 Å². The maximum absolute atomic E-state index is 12.2. The van der Waals surface area contributed by atoms with Gasteiger partial charge in [0.25, 0.3) is 0 Å². The molecule has 0 bridgehead atoms. The molecule has 2 aromatic rings. The van der Waals surface area contributed by atoms with Crippen molar-refractivity contribution in [1.82, 2.24) is 10.2 Å². The van der Waals surface area contributed by atoms with Crippen LogP contribution in [0.2, 0.25) is 0 Å². The summed E-state index contributed by atoms with van der Waals surface area (Å²) in [5.74, 6) is 0.856. The van der Waals surface area contributed by atoms with Crippen LogP contribution in [0.1, 0.15) is 11.1 Å². The van der Waals surface area contributed by atoms with Crippen LogP contribution in [0.25, 0.3) is 0 Å². The molecule has 0 aromatic heterocycles. The molecule has 0 radical (unpaired) electrons. The Balaban J connectivity index is 1.80. The predicted octanol–water partition coefficient (Wildman–Crippen LogP) is 3.80. The van der Waals surface area contributed by atoms with Crippen LogP contribution in [0.4, 0.5) is 4.79 Å². The first kappa shape index (κ1) is 18.2. The highest BCUT2D eigenvalue weighted by atomic mass is 32.2. The summed E-state index contributed by atoms with van der Waals surface area (Å²) in [6, 6.07) is 16.1. The fourth-order valence-corrected chi connectivity index (χ4v) is 2.83. The van der Waals surface area contributed by atoms with Crippen molar-refractivity contribution in [3.63, 3.8) is 0 Å². The standard InChI is InChI=1S/C19H24N2O2S/c1-21(14-15-8-10-17(24-3)11-9-15)19(22)20-13-12-16-6-4-5-7-18(16)23-2/h4-11H,12-14H2,1-3H3,(H,20,22). The quantitative estimate of drug-likeness (QED) is 0.777. The third-order valence-electron chi connectivity index (χ3n) is 3.79. The number of carbonyl (C=O) groups excluding carboxylic acids is 1. The molecule has 0 aliphatic rings. The van der Waals surface area contributed by atoms with Crippen molar-refractivity contribution in [2.24, 2.45) is 0 Å². The lowest BCUT2D eigenvalue weighted by atomic mass is 10.1. The molecule has 0 unspecified atom stereocenters. The number of amides is 2. The zero-order valence-corrected chi connectivity index (χ0v) is 15.2. The smallest absolute Gasteiger partial charge is 0.317 e. The van der Waals surface area contributed by atoms with Crippen LogP contribution in [-0.2, 0) is 13.0 Å². The Bertz CT molecular complexity index is 659. The van der Waals surface area contributed by atoms with E-state index in [9.17, 15) is 4.79 Å². The van der Waals surface area contributed by atoms with Crippen molar-refractivity contribution in [3.8, 4) is 5.75 Å². The number of hydrogen-bond donors (Lipinski definition) is 1. The zero-order chi connectivity index (χ0) is 17.4. The van der Waals surface area contributed by atoms with E-state index < -0.39 is 0 Å². The first-order valence-electron chi connectivity index (χ1n) is 7.88. The predicted molar refractivity (Wildman–Crippen MR) is 99.8 cm³/mol. The molecule has 0 aliphatic heterocycles. The highest BCUT2D eigenvalue weighted by molar-refractivity contribution is 7.98. The average Bonchev–Trinajstić information content (AvgIpc) is 2.62. The molecule has 2 amide bonds. The summed E-state index contributed by atoms with van der Waals surface area (Å²) in [5.41, 5.74) is 2.21. The monoisotopic (exact) mass is 344 g/mol. The second-order valence-corrected chi connectivity index (χ2v) is 6.38. The van der Waals surface area contributed by atoms with Crippen molar-refractivity contribution < 1.29 is 9.53 Å². The summed E-state index contributed by atoms with van der Waals surface area (Å²) in [5, 5.41) is 2.95. The lowest BCUT2D eigenvalue weighted by molar-refractivity contribution is 0.207. The Kier molecular flexibility index (Phi) is 7.00. The van der Waals surface area contributed by atoms with Gasteiger partial charge in [0.05, 0.1) is 7.11 Å². The van der Waals surface area contributed by atoms with Crippen LogP contribution in [0.5, 0.6) is 5.75 Å². The largest absolute Gasteiger partial charge is 0.496 e. The van der Waals surface area contributed by atoms with Crippen LogP contribution in [-0.4, -0.2) is 37.9 Å². The fourth-order valence-electron chi connectivity index (χ4n) is 2.43. The van der Waals surface area contributed by atoms with E-state index in [1.807, 2.05) is 24.3 Å². The number of hydrogen-bond acceptors (Lipinski definition) is 3. The summed E-state index contributed by atoms with van der Waals surface area (Å²) in [7, 11) is 3.47. The van der Waals surface area contributed by atoms with Crippen molar-refractivity contribution in [2.75, 3.05) is 27.0 Å². The van der Waals surface area contributed by atoms with Gasteiger partial charge < -0.3 is 15.0 Å². The molecule has 2 rings (SSSR count). The maximum atomic E-state index is 12.2. The first-order valence-corrected chi connectivity index (χ1v) is 9.10. The summed E-state index contributed by atoms with van der Waals surface area (Å²) in [4.78, 5) is 15.1. The molecule has 5 heteroatoms. The fraction of sp³-hybridized carbons (Fsp3) is 0.316. The van der Waals surface area contributed by atoms with E-state index in [4.69, 9.17) is 4.74 Å². The molecule has 0 heterocycles. The van der Waals surface area contributed by atoms with Crippen LogP contribution in [0.15, 0.2) is 53.4 Å². The number of rotatable bonds is 7. The van der Waals surface area contributed by atoms with Gasteiger partial charge in [0.2, 0.25) is 0 Å². The van der Waals surface area contributed by atoms with Crippen LogP contribution in [0, 0.1) is 0 Å².